The van der Waals surface area contributed by atoms with E-state index in [9.17, 15) is 5.11 Å². The molecule has 1 aliphatic carbocycles. The van der Waals surface area contributed by atoms with Crippen molar-refractivity contribution in [3.8, 4) is 5.75 Å². The van der Waals surface area contributed by atoms with E-state index in [0.29, 0.717) is 5.75 Å². The number of likely N-dealkylation sites (tertiary alicyclic amines) is 1. The Labute approximate surface area is 129 Å². The van der Waals surface area contributed by atoms with Gasteiger partial charge in [0, 0.05) is 18.5 Å². The van der Waals surface area contributed by atoms with Gasteiger partial charge >= 0.3 is 0 Å². The molecule has 2 fully saturated rings. The summed E-state index contributed by atoms with van der Waals surface area (Å²) in [5.74, 6) is 2.13. The Kier molecular flexibility index (Phi) is 4.26. The molecule has 21 heavy (non-hydrogen) atoms. The minimum absolute atomic E-state index is 0.262. The quantitative estimate of drug-likeness (QED) is 0.848. The summed E-state index contributed by atoms with van der Waals surface area (Å²) in [6, 6.07) is 8.02. The maximum absolute atomic E-state index is 9.87. The molecular formula is C19H29NO. The smallest absolute Gasteiger partial charge is 0.115 e. The molecular weight excluding hydrogens is 258 g/mol. The van der Waals surface area contributed by atoms with Crippen LogP contribution >= 0.6 is 0 Å². The largest absolute Gasteiger partial charge is 0.508 e. The van der Waals surface area contributed by atoms with Gasteiger partial charge in [0.05, 0.1) is 0 Å². The van der Waals surface area contributed by atoms with Gasteiger partial charge in [-0.05, 0) is 61.8 Å². The second-order valence-corrected chi connectivity index (χ2v) is 7.69. The fraction of sp³-hybridized carbons (Fsp3) is 0.684. The van der Waals surface area contributed by atoms with Crippen LogP contribution in [0.15, 0.2) is 24.3 Å². The molecule has 1 heterocycles. The van der Waals surface area contributed by atoms with Crippen LogP contribution in [0.2, 0.25) is 0 Å². The molecule has 1 N–H and O–H groups in total. The van der Waals surface area contributed by atoms with E-state index in [1.807, 2.05) is 12.1 Å². The number of nitrogens with zero attached hydrogens (tertiary/aromatic N) is 1. The zero-order valence-electron chi connectivity index (χ0n) is 13.5. The standard InChI is InChI=1S/C19H29NO/c1-15(2)8-9-19(17-4-3-5-18(21)12-17)10-11-20(14-19)13-16-6-7-16/h3-5,12,15-16,21H,6-11,13-14H2,1-2H3/t19-/m0/s1. The van der Waals surface area contributed by atoms with Crippen LogP contribution in [0.25, 0.3) is 0 Å². The Morgan fingerprint density at radius 2 is 2.14 bits per heavy atom. The molecule has 0 amide bonds. The Bertz CT molecular complexity index is 480. The van der Waals surface area contributed by atoms with Crippen LogP contribution in [0.4, 0.5) is 0 Å². The lowest BCUT2D eigenvalue weighted by molar-refractivity contribution is 0.284. The predicted octanol–water partition coefficient (Wildman–Crippen LogP) is 4.18. The van der Waals surface area contributed by atoms with Crippen molar-refractivity contribution in [2.24, 2.45) is 11.8 Å². The van der Waals surface area contributed by atoms with E-state index in [2.05, 4.69) is 24.8 Å². The van der Waals surface area contributed by atoms with Crippen molar-refractivity contribution in [1.29, 1.82) is 0 Å². The van der Waals surface area contributed by atoms with E-state index in [1.165, 1.54) is 57.3 Å². The van der Waals surface area contributed by atoms with Crippen molar-refractivity contribution in [2.75, 3.05) is 19.6 Å². The first-order chi connectivity index (χ1) is 10.1. The lowest BCUT2D eigenvalue weighted by atomic mass is 9.75. The topological polar surface area (TPSA) is 23.5 Å². The molecule has 1 atom stereocenters. The average Bonchev–Trinajstić information content (AvgIpc) is 3.15. The van der Waals surface area contributed by atoms with Gasteiger partial charge in [0.15, 0.2) is 0 Å². The molecule has 1 aromatic carbocycles. The highest BCUT2D eigenvalue weighted by Crippen LogP contribution is 2.42. The number of hydrogen-bond acceptors (Lipinski definition) is 2. The Morgan fingerprint density at radius 3 is 2.81 bits per heavy atom. The number of phenolic OH excluding ortho intramolecular Hbond substituents is 1. The van der Waals surface area contributed by atoms with Crippen molar-refractivity contribution in [3.05, 3.63) is 29.8 Å². The van der Waals surface area contributed by atoms with Crippen molar-refractivity contribution in [2.45, 2.75) is 51.4 Å². The van der Waals surface area contributed by atoms with Gasteiger partial charge in [-0.3, -0.25) is 0 Å². The minimum Gasteiger partial charge on any atom is -0.508 e. The molecule has 2 nitrogen and oxygen atoms in total. The second-order valence-electron chi connectivity index (χ2n) is 7.69. The zero-order chi connectivity index (χ0) is 14.9. The van der Waals surface area contributed by atoms with E-state index < -0.39 is 0 Å². The maximum atomic E-state index is 9.87. The van der Waals surface area contributed by atoms with E-state index in [-0.39, 0.29) is 5.41 Å². The molecule has 2 heteroatoms. The normalized spacial score (nSPS) is 26.6. The Hall–Kier alpha value is -1.02. The first-order valence-electron chi connectivity index (χ1n) is 8.59. The summed E-state index contributed by atoms with van der Waals surface area (Å²) in [7, 11) is 0. The van der Waals surface area contributed by atoms with Crippen LogP contribution in [0.1, 0.15) is 51.5 Å². The monoisotopic (exact) mass is 287 g/mol. The second kappa shape index (κ2) is 6.00. The molecule has 1 aliphatic heterocycles. The highest BCUT2D eigenvalue weighted by atomic mass is 16.3. The molecule has 1 aromatic rings. The number of phenols is 1. The molecule has 0 unspecified atom stereocenters. The Morgan fingerprint density at radius 1 is 1.33 bits per heavy atom. The fourth-order valence-corrected chi connectivity index (χ4v) is 3.76. The zero-order valence-corrected chi connectivity index (χ0v) is 13.5. The van der Waals surface area contributed by atoms with Gasteiger partial charge in [-0.15, -0.1) is 0 Å². The third-order valence-corrected chi connectivity index (χ3v) is 5.30. The van der Waals surface area contributed by atoms with E-state index >= 15 is 0 Å². The van der Waals surface area contributed by atoms with Crippen molar-refractivity contribution >= 4 is 0 Å². The van der Waals surface area contributed by atoms with Gasteiger partial charge in [0.25, 0.3) is 0 Å². The molecule has 0 spiro atoms. The molecule has 1 saturated heterocycles. The van der Waals surface area contributed by atoms with Crippen molar-refractivity contribution < 1.29 is 5.11 Å². The highest BCUT2D eigenvalue weighted by molar-refractivity contribution is 5.34. The summed E-state index contributed by atoms with van der Waals surface area (Å²) in [4.78, 5) is 2.67. The highest BCUT2D eigenvalue weighted by Gasteiger charge is 2.40. The van der Waals surface area contributed by atoms with E-state index in [0.717, 1.165) is 11.8 Å². The summed E-state index contributed by atoms with van der Waals surface area (Å²) in [6.45, 7) is 8.33. The van der Waals surface area contributed by atoms with Gasteiger partial charge < -0.3 is 10.0 Å². The van der Waals surface area contributed by atoms with Crippen LogP contribution in [0, 0.1) is 11.8 Å². The summed E-state index contributed by atoms with van der Waals surface area (Å²) < 4.78 is 0. The third kappa shape index (κ3) is 3.60. The van der Waals surface area contributed by atoms with Crippen LogP contribution < -0.4 is 0 Å². The molecule has 0 aromatic heterocycles. The molecule has 1 saturated carbocycles. The minimum atomic E-state index is 0.262. The van der Waals surface area contributed by atoms with Crippen LogP contribution in [-0.2, 0) is 5.41 Å². The number of benzene rings is 1. The lowest BCUT2D eigenvalue weighted by Crippen LogP contribution is -2.32. The van der Waals surface area contributed by atoms with Gasteiger partial charge in [-0.1, -0.05) is 32.4 Å². The van der Waals surface area contributed by atoms with Crippen LogP contribution in [0.3, 0.4) is 0 Å². The maximum Gasteiger partial charge on any atom is 0.115 e. The van der Waals surface area contributed by atoms with E-state index in [4.69, 9.17) is 0 Å². The van der Waals surface area contributed by atoms with E-state index in [1.54, 1.807) is 6.07 Å². The summed E-state index contributed by atoms with van der Waals surface area (Å²) >= 11 is 0. The SMILES string of the molecule is CC(C)CC[C@]1(c2cccc(O)c2)CCN(CC2CC2)C1. The van der Waals surface area contributed by atoms with Crippen LogP contribution in [0.5, 0.6) is 5.75 Å². The molecule has 0 radical (unpaired) electrons. The van der Waals surface area contributed by atoms with Crippen molar-refractivity contribution in [1.82, 2.24) is 4.90 Å². The molecule has 2 aliphatic rings. The average molecular weight is 287 g/mol. The fourth-order valence-electron chi connectivity index (χ4n) is 3.76. The van der Waals surface area contributed by atoms with Gasteiger partial charge in [-0.2, -0.15) is 0 Å². The number of rotatable bonds is 6. The first kappa shape index (κ1) is 14.9. The summed E-state index contributed by atoms with van der Waals surface area (Å²) in [5, 5.41) is 9.87. The first-order valence-corrected chi connectivity index (χ1v) is 8.59. The number of hydrogen-bond donors (Lipinski definition) is 1. The van der Waals surface area contributed by atoms with Gasteiger partial charge in [-0.25, -0.2) is 0 Å². The lowest BCUT2D eigenvalue weighted by Gasteiger charge is -2.31. The van der Waals surface area contributed by atoms with Gasteiger partial charge in [0.1, 0.15) is 5.75 Å². The molecule has 3 rings (SSSR count). The van der Waals surface area contributed by atoms with Crippen LogP contribution in [-0.4, -0.2) is 29.6 Å². The summed E-state index contributed by atoms with van der Waals surface area (Å²) in [6.07, 6.45) is 6.63. The Balaban J connectivity index is 1.77. The summed E-state index contributed by atoms with van der Waals surface area (Å²) in [5.41, 5.74) is 1.61. The van der Waals surface area contributed by atoms with Gasteiger partial charge in [0.2, 0.25) is 0 Å². The third-order valence-electron chi connectivity index (χ3n) is 5.30. The molecule has 116 valence electrons. The van der Waals surface area contributed by atoms with Crippen molar-refractivity contribution in [3.63, 3.8) is 0 Å². The predicted molar refractivity (Wildman–Crippen MR) is 87.6 cm³/mol. The number of aromatic hydroxyl groups is 1. The molecule has 0 bridgehead atoms.